The second-order valence-corrected chi connectivity index (χ2v) is 8.72. The molecule has 0 saturated carbocycles. The van der Waals surface area contributed by atoms with Crippen molar-refractivity contribution in [3.63, 3.8) is 0 Å². The number of nitrogens with one attached hydrogen (secondary N) is 1. The van der Waals surface area contributed by atoms with Gasteiger partial charge in [-0.05, 0) is 12.1 Å². The first-order valence-corrected chi connectivity index (χ1v) is 11.3. The summed E-state index contributed by atoms with van der Waals surface area (Å²) in [4.78, 5) is 19.7. The number of nitrogens with zero attached hydrogens (tertiary/aromatic N) is 5. The van der Waals surface area contributed by atoms with E-state index in [9.17, 15) is 13.4 Å². The summed E-state index contributed by atoms with van der Waals surface area (Å²) in [5.41, 5.74) is 1.33. The molecule has 1 fully saturated rings. The van der Waals surface area contributed by atoms with Crippen molar-refractivity contribution in [1.82, 2.24) is 29.2 Å². The van der Waals surface area contributed by atoms with Gasteiger partial charge in [-0.15, -0.1) is 0 Å². The molecule has 1 aliphatic rings. The molecule has 0 spiro atoms. The molecule has 4 aromatic rings. The van der Waals surface area contributed by atoms with E-state index >= 15 is 0 Å². The fourth-order valence-corrected chi connectivity index (χ4v) is 4.59. The first-order valence-electron chi connectivity index (χ1n) is 10.2. The first kappa shape index (κ1) is 21.4. The Morgan fingerprint density at radius 3 is 2.70 bits per heavy atom. The molecule has 0 amide bonds. The molecule has 0 radical (unpaired) electrons. The minimum atomic E-state index is -1.64. The van der Waals surface area contributed by atoms with Crippen LogP contribution in [0, 0.1) is 5.82 Å². The molecule has 170 valence electrons. The smallest absolute Gasteiger partial charge is 0.268 e. The van der Waals surface area contributed by atoms with Gasteiger partial charge in [-0.2, -0.15) is 5.10 Å². The van der Waals surface area contributed by atoms with Gasteiger partial charge in [0.25, 0.3) is 5.56 Å². The van der Waals surface area contributed by atoms with Gasteiger partial charge in [0.15, 0.2) is 5.82 Å². The topological polar surface area (TPSA) is 119 Å². The van der Waals surface area contributed by atoms with Crippen molar-refractivity contribution in [2.75, 3.05) is 26.3 Å². The zero-order valence-corrected chi connectivity index (χ0v) is 18.1. The maximum absolute atomic E-state index is 14.2. The van der Waals surface area contributed by atoms with Crippen LogP contribution in [0.1, 0.15) is 5.56 Å². The van der Waals surface area contributed by atoms with E-state index in [0.29, 0.717) is 48.9 Å². The number of aromatic amines is 1. The zero-order chi connectivity index (χ0) is 22.8. The molecule has 0 aliphatic carbocycles. The summed E-state index contributed by atoms with van der Waals surface area (Å²) in [5, 5.41) is 8.46. The summed E-state index contributed by atoms with van der Waals surface area (Å²) < 4.78 is 40.4. The Morgan fingerprint density at radius 1 is 1.15 bits per heavy atom. The normalized spacial score (nSPS) is 15.5. The lowest BCUT2D eigenvalue weighted by molar-refractivity contribution is 0.0751. The molecule has 12 heteroatoms. The lowest BCUT2D eigenvalue weighted by atomic mass is 10.2. The van der Waals surface area contributed by atoms with Crippen molar-refractivity contribution in [3.05, 3.63) is 70.6 Å². The standard InChI is InChI=1S/C21H19FN6O4S/c22-15-4-2-1-3-14(15)13-28-18(16-5-8-32-26-16)11-17(25-28)20-23-12-19(21(29)24-20)33(30)27-6-9-31-10-7-27/h1-5,8,11-12H,6-7,9-10,13H2,(H,23,24,29). The Hall–Kier alpha value is -3.48. The highest BCUT2D eigenvalue weighted by Crippen LogP contribution is 2.24. The third-order valence-electron chi connectivity index (χ3n) is 5.16. The average Bonchev–Trinajstić information content (AvgIpc) is 3.51. The maximum Gasteiger partial charge on any atom is 0.268 e. The molecule has 10 nitrogen and oxygen atoms in total. The van der Waals surface area contributed by atoms with Gasteiger partial charge in [-0.1, -0.05) is 23.4 Å². The van der Waals surface area contributed by atoms with E-state index in [-0.39, 0.29) is 23.1 Å². The summed E-state index contributed by atoms with van der Waals surface area (Å²) in [7, 11) is -1.64. The minimum absolute atomic E-state index is 0.0585. The number of aromatic nitrogens is 5. The molecule has 1 atom stereocenters. The molecule has 5 rings (SSSR count). The third-order valence-corrected chi connectivity index (χ3v) is 6.66. The van der Waals surface area contributed by atoms with Crippen LogP contribution in [0.5, 0.6) is 0 Å². The summed E-state index contributed by atoms with van der Waals surface area (Å²) >= 11 is 0. The van der Waals surface area contributed by atoms with E-state index in [0.717, 1.165) is 0 Å². The lowest BCUT2D eigenvalue weighted by Gasteiger charge is -2.24. The predicted molar refractivity (Wildman–Crippen MR) is 116 cm³/mol. The van der Waals surface area contributed by atoms with Crippen molar-refractivity contribution >= 4 is 11.0 Å². The Bertz CT molecular complexity index is 1350. The van der Waals surface area contributed by atoms with E-state index < -0.39 is 16.5 Å². The van der Waals surface area contributed by atoms with Crippen molar-refractivity contribution < 1.29 is 17.9 Å². The van der Waals surface area contributed by atoms with Crippen molar-refractivity contribution in [3.8, 4) is 22.9 Å². The van der Waals surface area contributed by atoms with Crippen LogP contribution in [0.25, 0.3) is 22.9 Å². The minimum Gasteiger partial charge on any atom is -0.379 e. The molecule has 1 aliphatic heterocycles. The van der Waals surface area contributed by atoms with Crippen LogP contribution in [0.15, 0.2) is 63.1 Å². The van der Waals surface area contributed by atoms with Gasteiger partial charge in [0.2, 0.25) is 0 Å². The van der Waals surface area contributed by atoms with Crippen LogP contribution in [0.4, 0.5) is 4.39 Å². The summed E-state index contributed by atoms with van der Waals surface area (Å²) in [6, 6.07) is 9.73. The van der Waals surface area contributed by atoms with Gasteiger partial charge in [0.1, 0.15) is 39.3 Å². The molecule has 0 bridgehead atoms. The summed E-state index contributed by atoms with van der Waals surface area (Å²) in [5.74, 6) is -0.165. The Balaban J connectivity index is 1.49. The molecule has 1 aromatic carbocycles. The fraction of sp³-hybridized carbons (Fsp3) is 0.238. The zero-order valence-electron chi connectivity index (χ0n) is 17.3. The van der Waals surface area contributed by atoms with Crippen molar-refractivity contribution in [1.29, 1.82) is 0 Å². The van der Waals surface area contributed by atoms with Crippen LogP contribution < -0.4 is 5.56 Å². The van der Waals surface area contributed by atoms with E-state index in [2.05, 4.69) is 20.2 Å². The number of benzene rings is 1. The van der Waals surface area contributed by atoms with Gasteiger partial charge in [0, 0.05) is 24.7 Å². The molecular weight excluding hydrogens is 451 g/mol. The molecule has 3 aromatic heterocycles. The first-order chi connectivity index (χ1) is 16.1. The maximum atomic E-state index is 14.2. The number of H-pyrrole nitrogens is 1. The van der Waals surface area contributed by atoms with Crippen LogP contribution in [-0.2, 0) is 22.3 Å². The van der Waals surface area contributed by atoms with Crippen LogP contribution in [0.3, 0.4) is 0 Å². The Morgan fingerprint density at radius 2 is 1.97 bits per heavy atom. The second-order valence-electron chi connectivity index (χ2n) is 7.26. The predicted octanol–water partition coefficient (Wildman–Crippen LogP) is 1.83. The number of halogens is 1. The molecule has 33 heavy (non-hydrogen) atoms. The molecule has 4 heterocycles. The van der Waals surface area contributed by atoms with Crippen LogP contribution in [-0.4, -0.2) is 59.7 Å². The fourth-order valence-electron chi connectivity index (χ4n) is 3.48. The number of rotatable bonds is 6. The van der Waals surface area contributed by atoms with Gasteiger partial charge in [-0.25, -0.2) is 17.9 Å². The Labute approximate surface area is 189 Å². The highest BCUT2D eigenvalue weighted by Gasteiger charge is 2.22. The van der Waals surface area contributed by atoms with Crippen molar-refractivity contribution in [2.24, 2.45) is 0 Å². The largest absolute Gasteiger partial charge is 0.379 e. The highest BCUT2D eigenvalue weighted by atomic mass is 32.2. The van der Waals surface area contributed by atoms with Crippen molar-refractivity contribution in [2.45, 2.75) is 11.4 Å². The average molecular weight is 470 g/mol. The number of hydrogen-bond donors (Lipinski definition) is 1. The number of hydrogen-bond acceptors (Lipinski definition) is 7. The third kappa shape index (κ3) is 4.40. The SMILES string of the molecule is O=c1[nH]c(-c2cc(-c3ccon3)n(Cc3ccccc3F)n2)ncc1S(=O)N1CCOCC1. The van der Waals surface area contributed by atoms with E-state index in [4.69, 9.17) is 9.26 Å². The summed E-state index contributed by atoms with van der Waals surface area (Å²) in [6.45, 7) is 1.99. The van der Waals surface area contributed by atoms with Crippen LogP contribution >= 0.6 is 0 Å². The molecule has 1 unspecified atom stereocenters. The number of ether oxygens (including phenoxy) is 1. The van der Waals surface area contributed by atoms with E-state index in [1.165, 1.54) is 18.5 Å². The van der Waals surface area contributed by atoms with Crippen LogP contribution in [0.2, 0.25) is 0 Å². The van der Waals surface area contributed by atoms with Gasteiger partial charge < -0.3 is 14.2 Å². The van der Waals surface area contributed by atoms with Gasteiger partial charge in [-0.3, -0.25) is 9.48 Å². The molecule has 1 N–H and O–H groups in total. The summed E-state index contributed by atoms with van der Waals surface area (Å²) in [6.07, 6.45) is 2.72. The second kappa shape index (κ2) is 9.17. The molecular formula is C21H19FN6O4S. The van der Waals surface area contributed by atoms with E-state index in [1.54, 1.807) is 39.3 Å². The monoisotopic (exact) mass is 470 g/mol. The van der Waals surface area contributed by atoms with E-state index in [1.807, 2.05) is 0 Å². The lowest BCUT2D eigenvalue weighted by Crippen LogP contribution is -2.39. The Kier molecular flexibility index (Phi) is 5.94. The van der Waals surface area contributed by atoms with Gasteiger partial charge >= 0.3 is 0 Å². The quantitative estimate of drug-likeness (QED) is 0.457. The molecule has 1 saturated heterocycles. The number of morpholine rings is 1. The highest BCUT2D eigenvalue weighted by molar-refractivity contribution is 7.82. The van der Waals surface area contributed by atoms with Gasteiger partial charge in [0.05, 0.1) is 31.6 Å².